The summed E-state index contributed by atoms with van der Waals surface area (Å²) in [5, 5.41) is 30.5. The molecule has 2 N–H and O–H groups in total. The van der Waals surface area contributed by atoms with Gasteiger partial charge in [-0.05, 0) is 45.2 Å². The molecule has 2 aliphatic rings. The Hall–Kier alpha value is -2.52. The van der Waals surface area contributed by atoms with Crippen LogP contribution in [0.4, 0.5) is 0 Å². The minimum atomic E-state index is -0.577. The highest BCUT2D eigenvalue weighted by atomic mass is 16.5. The van der Waals surface area contributed by atoms with Gasteiger partial charge in [-0.3, -0.25) is 0 Å². The highest BCUT2D eigenvalue weighted by Crippen LogP contribution is 2.64. The number of nitrogens with zero attached hydrogens (tertiary/aromatic N) is 3. The van der Waals surface area contributed by atoms with E-state index in [9.17, 15) is 10.2 Å². The topological polar surface area (TPSA) is 91.3 Å². The number of aromatic hydroxyl groups is 2. The minimum absolute atomic E-state index is 0.0191. The highest BCUT2D eigenvalue weighted by molar-refractivity contribution is 5.60. The standard InChI is InChI=1S/C17H17N3O3/c1-9-6-10(8-19-11(9)7-18)20-14(21)12-13(15(20)22)17(3)5-4-16(12,2)23-17/h6,8,21-22H,4-5H2,1-3H3. The molecule has 2 unspecified atom stereocenters. The molecule has 118 valence electrons. The van der Waals surface area contributed by atoms with Crippen LogP contribution in [0.5, 0.6) is 11.8 Å². The van der Waals surface area contributed by atoms with Crippen molar-refractivity contribution in [1.82, 2.24) is 9.55 Å². The molecule has 2 bridgehead atoms. The van der Waals surface area contributed by atoms with E-state index in [1.54, 1.807) is 13.0 Å². The number of aromatic nitrogens is 2. The first-order valence-corrected chi connectivity index (χ1v) is 7.55. The SMILES string of the molecule is Cc1cc(-n2c(O)c3c(c2O)C2(C)CCC3(C)O2)cnc1C#N. The molecule has 0 spiro atoms. The Bertz CT molecular complexity index is 856. The summed E-state index contributed by atoms with van der Waals surface area (Å²) in [6.45, 7) is 5.65. The minimum Gasteiger partial charge on any atom is -0.494 e. The third kappa shape index (κ3) is 1.57. The summed E-state index contributed by atoms with van der Waals surface area (Å²) in [7, 11) is 0. The number of hydrogen-bond acceptors (Lipinski definition) is 5. The number of aryl methyl sites for hydroxylation is 1. The summed E-state index contributed by atoms with van der Waals surface area (Å²) in [6, 6.07) is 3.74. The van der Waals surface area contributed by atoms with Crippen molar-refractivity contribution in [3.05, 3.63) is 34.6 Å². The zero-order chi connectivity index (χ0) is 16.6. The first kappa shape index (κ1) is 14.1. The van der Waals surface area contributed by atoms with Gasteiger partial charge in [-0.25, -0.2) is 9.55 Å². The van der Waals surface area contributed by atoms with Crippen molar-refractivity contribution < 1.29 is 14.9 Å². The normalized spacial score (nSPS) is 27.9. The first-order chi connectivity index (χ1) is 10.8. The molecule has 2 aromatic rings. The van der Waals surface area contributed by atoms with E-state index in [4.69, 9.17) is 10.00 Å². The molecule has 4 rings (SSSR count). The fraction of sp³-hybridized carbons (Fsp3) is 0.412. The molecule has 4 heterocycles. The lowest BCUT2D eigenvalue weighted by atomic mass is 9.80. The molecular formula is C17H17N3O3. The second kappa shape index (κ2) is 4.06. The van der Waals surface area contributed by atoms with Crippen molar-refractivity contribution in [2.75, 3.05) is 0 Å². The number of rotatable bonds is 1. The Morgan fingerprint density at radius 3 is 2.26 bits per heavy atom. The number of pyridine rings is 1. The van der Waals surface area contributed by atoms with Crippen LogP contribution >= 0.6 is 0 Å². The van der Waals surface area contributed by atoms with Crippen LogP contribution in [0.15, 0.2) is 12.3 Å². The summed E-state index contributed by atoms with van der Waals surface area (Å²) in [6.07, 6.45) is 3.09. The molecule has 0 amide bonds. The van der Waals surface area contributed by atoms with Gasteiger partial charge >= 0.3 is 0 Å². The third-order valence-corrected chi connectivity index (χ3v) is 5.14. The summed E-state index contributed by atoms with van der Waals surface area (Å²) >= 11 is 0. The Morgan fingerprint density at radius 1 is 1.22 bits per heavy atom. The zero-order valence-electron chi connectivity index (χ0n) is 13.2. The van der Waals surface area contributed by atoms with Crippen molar-refractivity contribution >= 4 is 0 Å². The molecule has 6 nitrogen and oxygen atoms in total. The number of hydrogen-bond donors (Lipinski definition) is 2. The molecule has 0 radical (unpaired) electrons. The molecule has 23 heavy (non-hydrogen) atoms. The fourth-order valence-corrected chi connectivity index (χ4v) is 4.02. The molecule has 0 aromatic carbocycles. The smallest absolute Gasteiger partial charge is 0.205 e. The molecule has 2 aliphatic heterocycles. The van der Waals surface area contributed by atoms with Crippen molar-refractivity contribution in [3.63, 3.8) is 0 Å². The van der Waals surface area contributed by atoms with Crippen LogP contribution in [0, 0.1) is 18.3 Å². The second-order valence-electron chi connectivity index (χ2n) is 6.77. The van der Waals surface area contributed by atoms with Crippen LogP contribution in [-0.4, -0.2) is 19.8 Å². The van der Waals surface area contributed by atoms with E-state index in [1.165, 1.54) is 10.8 Å². The van der Waals surface area contributed by atoms with Gasteiger partial charge < -0.3 is 14.9 Å². The van der Waals surface area contributed by atoms with Gasteiger partial charge in [0.25, 0.3) is 0 Å². The monoisotopic (exact) mass is 311 g/mol. The maximum absolute atomic E-state index is 10.7. The van der Waals surface area contributed by atoms with Gasteiger partial charge in [0.1, 0.15) is 11.8 Å². The van der Waals surface area contributed by atoms with E-state index in [2.05, 4.69) is 4.98 Å². The van der Waals surface area contributed by atoms with E-state index in [-0.39, 0.29) is 11.8 Å². The van der Waals surface area contributed by atoms with Crippen LogP contribution < -0.4 is 0 Å². The maximum Gasteiger partial charge on any atom is 0.205 e. The molecule has 2 atom stereocenters. The van der Waals surface area contributed by atoms with Crippen molar-refractivity contribution in [1.29, 1.82) is 5.26 Å². The lowest BCUT2D eigenvalue weighted by molar-refractivity contribution is -0.0683. The Balaban J connectivity index is 1.97. The predicted octanol–water partition coefficient (Wildman–Crippen LogP) is 2.72. The predicted molar refractivity (Wildman–Crippen MR) is 81.4 cm³/mol. The number of fused-ring (bicyclic) bond motifs is 5. The summed E-state index contributed by atoms with van der Waals surface area (Å²) < 4.78 is 7.46. The molecule has 0 aliphatic carbocycles. The van der Waals surface area contributed by atoms with Gasteiger partial charge in [-0.2, -0.15) is 5.26 Å². The van der Waals surface area contributed by atoms with E-state index in [0.29, 0.717) is 28.1 Å². The van der Waals surface area contributed by atoms with Crippen LogP contribution in [-0.2, 0) is 15.9 Å². The number of nitriles is 1. The van der Waals surface area contributed by atoms with Crippen molar-refractivity contribution in [2.45, 2.75) is 44.8 Å². The molecule has 6 heteroatoms. The van der Waals surface area contributed by atoms with Crippen molar-refractivity contribution in [2.24, 2.45) is 0 Å². The average Bonchev–Trinajstić information content (AvgIpc) is 3.04. The van der Waals surface area contributed by atoms with Gasteiger partial charge in [-0.15, -0.1) is 0 Å². The summed E-state index contributed by atoms with van der Waals surface area (Å²) in [5.74, 6) is -0.0383. The molecular weight excluding hydrogens is 294 g/mol. The van der Waals surface area contributed by atoms with E-state index in [1.807, 2.05) is 19.9 Å². The van der Waals surface area contributed by atoms with Crippen molar-refractivity contribution in [3.8, 4) is 23.5 Å². The van der Waals surface area contributed by atoms with E-state index < -0.39 is 11.2 Å². The zero-order valence-corrected chi connectivity index (χ0v) is 13.2. The van der Waals surface area contributed by atoms with Crippen LogP contribution in [0.1, 0.15) is 49.1 Å². The second-order valence-corrected chi connectivity index (χ2v) is 6.77. The lowest BCUT2D eigenvalue weighted by Crippen LogP contribution is -2.17. The Morgan fingerprint density at radius 2 is 1.78 bits per heavy atom. The van der Waals surface area contributed by atoms with Gasteiger partial charge in [-0.1, -0.05) is 0 Å². The third-order valence-electron chi connectivity index (χ3n) is 5.14. The average molecular weight is 311 g/mol. The molecule has 2 aromatic heterocycles. The van der Waals surface area contributed by atoms with Gasteiger partial charge in [0.05, 0.1) is 34.2 Å². The lowest BCUT2D eigenvalue weighted by Gasteiger charge is -2.21. The van der Waals surface area contributed by atoms with Gasteiger partial charge in [0.2, 0.25) is 11.8 Å². The summed E-state index contributed by atoms with van der Waals surface area (Å²) in [5.41, 5.74) is 1.70. The van der Waals surface area contributed by atoms with E-state index >= 15 is 0 Å². The summed E-state index contributed by atoms with van der Waals surface area (Å²) in [4.78, 5) is 4.09. The largest absolute Gasteiger partial charge is 0.494 e. The quantitative estimate of drug-likeness (QED) is 0.845. The van der Waals surface area contributed by atoms with Crippen LogP contribution in [0.25, 0.3) is 5.69 Å². The fourth-order valence-electron chi connectivity index (χ4n) is 4.02. The highest BCUT2D eigenvalue weighted by Gasteiger charge is 2.59. The van der Waals surface area contributed by atoms with Gasteiger partial charge in [0.15, 0.2) is 0 Å². The Labute approximate surface area is 133 Å². The van der Waals surface area contributed by atoms with Crippen LogP contribution in [0.3, 0.4) is 0 Å². The number of ether oxygens (including phenoxy) is 1. The maximum atomic E-state index is 10.7. The van der Waals surface area contributed by atoms with E-state index in [0.717, 1.165) is 12.8 Å². The Kier molecular flexibility index (Phi) is 2.49. The molecule has 1 saturated heterocycles. The van der Waals surface area contributed by atoms with Crippen LogP contribution in [0.2, 0.25) is 0 Å². The molecule has 0 saturated carbocycles. The molecule has 1 fully saturated rings. The van der Waals surface area contributed by atoms with Gasteiger partial charge in [0, 0.05) is 0 Å². The first-order valence-electron chi connectivity index (χ1n) is 7.55.